The summed E-state index contributed by atoms with van der Waals surface area (Å²) >= 11 is 0. The lowest BCUT2D eigenvalue weighted by Gasteiger charge is -2.37. The van der Waals surface area contributed by atoms with Gasteiger partial charge in [0.05, 0.1) is 6.61 Å². The molecule has 0 spiro atoms. The van der Waals surface area contributed by atoms with E-state index in [1.807, 2.05) is 49.5 Å². The van der Waals surface area contributed by atoms with E-state index in [2.05, 4.69) is 78.6 Å². The Morgan fingerprint density at radius 2 is 0.953 bits per heavy atom. The minimum atomic E-state index is -2.49. The first kappa shape index (κ1) is 38.0. The summed E-state index contributed by atoms with van der Waals surface area (Å²) in [6, 6.07) is 15.7. The molecule has 0 saturated carbocycles. The minimum Gasteiger partial charge on any atom is -0.521 e. The van der Waals surface area contributed by atoms with Crippen LogP contribution in [0.4, 0.5) is 0 Å². The van der Waals surface area contributed by atoms with Gasteiger partial charge in [0.1, 0.15) is 11.5 Å². The Hall–Kier alpha value is -1.15. The van der Waals surface area contributed by atoms with Gasteiger partial charge >= 0.3 is 25.7 Å². The van der Waals surface area contributed by atoms with Gasteiger partial charge in [-0.3, -0.25) is 4.79 Å². The fourth-order valence-electron chi connectivity index (χ4n) is 5.36. The first-order chi connectivity index (χ1) is 19.4. The van der Waals surface area contributed by atoms with Gasteiger partial charge in [-0.1, -0.05) is 0 Å². The zero-order valence-corrected chi connectivity index (χ0v) is 35.1. The molecule has 242 valence electrons. The monoisotopic (exact) mass is 696 g/mol. The Morgan fingerprint density at radius 1 is 0.535 bits per heavy atom. The third-order valence-electron chi connectivity index (χ3n) is 5.91. The Kier molecular flexibility index (Phi) is 12.8. The molecule has 2 aromatic carbocycles. The van der Waals surface area contributed by atoms with Gasteiger partial charge in [0.2, 0.25) is 0 Å². The van der Waals surface area contributed by atoms with Crippen LogP contribution < -0.4 is 9.16 Å². The average molecular weight is 697 g/mol. The molecule has 0 aliphatic carbocycles. The van der Waals surface area contributed by atoms with Gasteiger partial charge in [0.15, 0.2) is 30.7 Å². The summed E-state index contributed by atoms with van der Waals surface area (Å²) in [5.41, 5.74) is 1.22. The maximum Gasteiger partial charge on any atom is 0.383 e. The number of rotatable bonds is 17. The molecule has 0 amide bonds. The van der Waals surface area contributed by atoms with Gasteiger partial charge in [-0.25, -0.2) is 0 Å². The van der Waals surface area contributed by atoms with Crippen molar-refractivity contribution in [1.29, 1.82) is 0 Å². The van der Waals surface area contributed by atoms with Crippen LogP contribution in [0.15, 0.2) is 48.5 Å². The molecule has 2 rings (SSSR count). The van der Waals surface area contributed by atoms with E-state index in [0.717, 1.165) is 18.2 Å². The summed E-state index contributed by atoms with van der Waals surface area (Å²) in [6.45, 7) is 30.8. The number of ether oxygens (including phenoxy) is 1. The predicted octanol–water partition coefficient (Wildman–Crippen LogP) is 9.11. The van der Waals surface area contributed by atoms with E-state index in [1.54, 1.807) is 12.1 Å². The van der Waals surface area contributed by atoms with Crippen LogP contribution in [0.25, 0.3) is 0 Å². The minimum absolute atomic E-state index is 0.0415. The van der Waals surface area contributed by atoms with E-state index in [4.69, 9.17) is 25.6 Å². The lowest BCUT2D eigenvalue weighted by molar-refractivity contribution is 0.103. The first-order valence-electron chi connectivity index (χ1n) is 15.2. The fraction of sp³-hybridized carbons (Fsp3) is 0.567. The van der Waals surface area contributed by atoms with Crippen molar-refractivity contribution < 1.29 is 30.4 Å². The van der Waals surface area contributed by atoms with Crippen molar-refractivity contribution in [1.82, 2.24) is 0 Å². The molecule has 7 nitrogen and oxygen atoms in total. The predicted molar refractivity (Wildman–Crippen MR) is 193 cm³/mol. The van der Waals surface area contributed by atoms with E-state index in [-0.39, 0.29) is 5.78 Å². The maximum absolute atomic E-state index is 13.1. The molecule has 0 N–H and O–H groups in total. The topological polar surface area (TPSA) is 72.5 Å². The number of hydrogen-bond acceptors (Lipinski definition) is 7. The standard InChI is InChI=1S/C30H56O7Si6/c1-38(2,3)34-42(11,12)36-40(7,8)25-15-24-32-28-20-16-26(17-21-28)30(31)27-18-22-29(23-19-27)33-41(9,10)37-43(13,14)35-39(4,5)6/h16-23H,15,24-25H2,1-14H3. The zero-order valence-electron chi connectivity index (χ0n) is 29.1. The second-order valence-corrected chi connectivity index (χ2v) is 39.4. The van der Waals surface area contributed by atoms with E-state index < -0.39 is 50.6 Å². The van der Waals surface area contributed by atoms with Crippen molar-refractivity contribution in [2.24, 2.45) is 0 Å². The molecular weight excluding hydrogens is 641 g/mol. The lowest BCUT2D eigenvalue weighted by Crippen LogP contribution is -2.54. The molecule has 0 aromatic heterocycles. The van der Waals surface area contributed by atoms with Crippen molar-refractivity contribution >= 4 is 56.4 Å². The molecule has 0 atom stereocenters. The van der Waals surface area contributed by atoms with Crippen molar-refractivity contribution in [2.45, 2.75) is 104 Å². The molecular formula is C30H56O7Si6. The number of carbonyl (C=O) groups is 1. The number of hydrogen-bond donors (Lipinski definition) is 0. The molecule has 2 aromatic rings. The van der Waals surface area contributed by atoms with E-state index in [9.17, 15) is 4.79 Å². The van der Waals surface area contributed by atoms with Crippen LogP contribution in [0.1, 0.15) is 22.3 Å². The number of ketones is 1. The highest BCUT2D eigenvalue weighted by atomic mass is 28.5. The van der Waals surface area contributed by atoms with Crippen LogP contribution in [0.2, 0.25) is 97.7 Å². The highest BCUT2D eigenvalue weighted by Crippen LogP contribution is 2.26. The third-order valence-corrected chi connectivity index (χ3v) is 25.1. The highest BCUT2D eigenvalue weighted by Gasteiger charge is 2.40. The van der Waals surface area contributed by atoms with Crippen molar-refractivity contribution in [3.8, 4) is 11.5 Å². The smallest absolute Gasteiger partial charge is 0.383 e. The molecule has 0 radical (unpaired) electrons. The van der Waals surface area contributed by atoms with Crippen molar-refractivity contribution in [3.05, 3.63) is 59.7 Å². The highest BCUT2D eigenvalue weighted by molar-refractivity contribution is 6.87. The summed E-state index contributed by atoms with van der Waals surface area (Å²) in [7, 11) is -12.1. The zero-order chi connectivity index (χ0) is 32.9. The second kappa shape index (κ2) is 14.5. The van der Waals surface area contributed by atoms with Gasteiger partial charge in [-0.2, -0.15) is 0 Å². The van der Waals surface area contributed by atoms with Gasteiger partial charge in [-0.15, -0.1) is 0 Å². The molecule has 13 heteroatoms. The summed E-state index contributed by atoms with van der Waals surface area (Å²) in [4.78, 5) is 13.1. The fourth-order valence-corrected chi connectivity index (χ4v) is 30.6. The summed E-state index contributed by atoms with van der Waals surface area (Å²) in [5.74, 6) is 1.41. The molecule has 0 aliphatic rings. The largest absolute Gasteiger partial charge is 0.521 e. The third kappa shape index (κ3) is 15.1. The summed E-state index contributed by atoms with van der Waals surface area (Å²) in [5, 5.41) is 0. The molecule has 0 unspecified atom stereocenters. The van der Waals surface area contributed by atoms with Crippen LogP contribution in [0.3, 0.4) is 0 Å². The first-order valence-corrected chi connectivity index (χ1v) is 33.6. The maximum atomic E-state index is 13.1. The van der Waals surface area contributed by atoms with Gasteiger partial charge in [0, 0.05) is 11.1 Å². The van der Waals surface area contributed by atoms with E-state index >= 15 is 0 Å². The van der Waals surface area contributed by atoms with Crippen LogP contribution in [-0.4, -0.2) is 63.0 Å². The van der Waals surface area contributed by atoms with E-state index in [0.29, 0.717) is 23.5 Å². The van der Waals surface area contributed by atoms with Gasteiger partial charge in [-0.05, 0) is 153 Å². The van der Waals surface area contributed by atoms with E-state index in [1.165, 1.54) is 0 Å². The molecule has 0 fully saturated rings. The van der Waals surface area contributed by atoms with Crippen LogP contribution in [-0.2, 0) is 16.5 Å². The van der Waals surface area contributed by atoms with Crippen LogP contribution >= 0.6 is 0 Å². The normalized spacial score (nSPS) is 13.6. The molecule has 0 saturated heterocycles. The van der Waals surface area contributed by atoms with Crippen molar-refractivity contribution in [2.75, 3.05) is 6.61 Å². The molecule has 0 bridgehead atoms. The van der Waals surface area contributed by atoms with Crippen LogP contribution in [0.5, 0.6) is 11.5 Å². The van der Waals surface area contributed by atoms with Gasteiger partial charge in [0.25, 0.3) is 0 Å². The number of benzene rings is 2. The Morgan fingerprint density at radius 3 is 1.40 bits per heavy atom. The summed E-state index contributed by atoms with van der Waals surface area (Å²) in [6.07, 6.45) is 0.918. The quantitative estimate of drug-likeness (QED) is 0.0928. The lowest BCUT2D eigenvalue weighted by atomic mass is 10.0. The Balaban J connectivity index is 1.89. The Labute approximate surface area is 267 Å². The average Bonchev–Trinajstić information content (AvgIpc) is 2.77. The van der Waals surface area contributed by atoms with Gasteiger partial charge < -0.3 is 25.6 Å². The van der Waals surface area contributed by atoms with Crippen molar-refractivity contribution in [3.63, 3.8) is 0 Å². The Bertz CT molecular complexity index is 1190. The summed E-state index contributed by atoms with van der Waals surface area (Å²) < 4.78 is 38.0. The van der Waals surface area contributed by atoms with Crippen LogP contribution in [0, 0.1) is 0 Å². The second-order valence-electron chi connectivity index (χ2n) is 15.0. The molecule has 0 heterocycles. The SMILES string of the molecule is C[Si](C)(C)O[Si](C)(C)O[Si](C)(C)CCCOc1ccc(C(=O)c2ccc(O[Si](C)(C)O[Si](C)(C)O[Si](C)(C)C)cc2)cc1. The number of carbonyl (C=O) groups excluding carboxylic acids is 1. The molecule has 43 heavy (non-hydrogen) atoms. The molecule has 0 aliphatic heterocycles.